The van der Waals surface area contributed by atoms with Crippen molar-refractivity contribution in [1.29, 1.82) is 0 Å². The van der Waals surface area contributed by atoms with E-state index in [1.807, 2.05) is 19.9 Å². The van der Waals surface area contributed by atoms with E-state index in [0.29, 0.717) is 37.6 Å². The first-order chi connectivity index (χ1) is 13.2. The molecule has 7 heteroatoms. The molecule has 158 valence electrons. The molecule has 1 heterocycles. The van der Waals surface area contributed by atoms with E-state index in [2.05, 4.69) is 19.2 Å². The maximum atomic E-state index is 13.3. The minimum Gasteiger partial charge on any atom is -0.495 e. The van der Waals surface area contributed by atoms with Crippen molar-refractivity contribution >= 4 is 15.9 Å². The van der Waals surface area contributed by atoms with Gasteiger partial charge < -0.3 is 10.1 Å². The molecule has 1 aromatic rings. The molecule has 6 nitrogen and oxygen atoms in total. The van der Waals surface area contributed by atoms with Crippen molar-refractivity contribution in [3.8, 4) is 5.75 Å². The van der Waals surface area contributed by atoms with Gasteiger partial charge in [0.1, 0.15) is 10.6 Å². The summed E-state index contributed by atoms with van der Waals surface area (Å²) < 4.78 is 33.4. The van der Waals surface area contributed by atoms with Crippen LogP contribution in [0, 0.1) is 11.8 Å². The van der Waals surface area contributed by atoms with Gasteiger partial charge in [-0.3, -0.25) is 4.79 Å². The molecule has 0 saturated carbocycles. The second-order valence-corrected chi connectivity index (χ2v) is 10.1. The zero-order valence-corrected chi connectivity index (χ0v) is 18.5. The molecule has 1 saturated heterocycles. The van der Waals surface area contributed by atoms with Crippen LogP contribution in [0.3, 0.4) is 0 Å². The first-order valence-corrected chi connectivity index (χ1v) is 11.6. The van der Waals surface area contributed by atoms with E-state index in [1.165, 1.54) is 11.4 Å². The lowest BCUT2D eigenvalue weighted by atomic mass is 9.98. The van der Waals surface area contributed by atoms with E-state index < -0.39 is 10.0 Å². The number of methoxy groups -OCH3 is 1. The fourth-order valence-corrected chi connectivity index (χ4v) is 5.11. The van der Waals surface area contributed by atoms with Crippen LogP contribution in [0.1, 0.15) is 58.4 Å². The predicted octanol–water partition coefficient (Wildman–Crippen LogP) is 3.38. The summed E-state index contributed by atoms with van der Waals surface area (Å²) >= 11 is 0. The number of sulfonamides is 1. The highest BCUT2D eigenvalue weighted by Gasteiger charge is 2.35. The molecule has 0 aliphatic carbocycles. The maximum absolute atomic E-state index is 13.3. The molecule has 2 rings (SSSR count). The number of piperidine rings is 1. The van der Waals surface area contributed by atoms with Crippen LogP contribution in [0.5, 0.6) is 5.75 Å². The van der Waals surface area contributed by atoms with Crippen LogP contribution in [0.4, 0.5) is 0 Å². The number of hydrogen-bond acceptors (Lipinski definition) is 4. The molecule has 1 atom stereocenters. The Balaban J connectivity index is 2.19. The summed E-state index contributed by atoms with van der Waals surface area (Å²) in [5.74, 6) is 0.705. The summed E-state index contributed by atoms with van der Waals surface area (Å²) in [6.45, 7) is 9.54. The summed E-state index contributed by atoms with van der Waals surface area (Å²) in [5.41, 5.74) is 0.944. The van der Waals surface area contributed by atoms with Gasteiger partial charge in [-0.1, -0.05) is 33.8 Å². The van der Waals surface area contributed by atoms with E-state index in [0.717, 1.165) is 12.0 Å². The van der Waals surface area contributed by atoms with Gasteiger partial charge in [-0.05, 0) is 48.8 Å². The van der Waals surface area contributed by atoms with Crippen LogP contribution in [-0.4, -0.2) is 45.4 Å². The summed E-state index contributed by atoms with van der Waals surface area (Å²) in [6.07, 6.45) is 2.30. The summed E-state index contributed by atoms with van der Waals surface area (Å²) in [6, 6.07) is 5.30. The summed E-state index contributed by atoms with van der Waals surface area (Å²) in [5, 5.41) is 2.96. The number of benzene rings is 1. The van der Waals surface area contributed by atoms with Gasteiger partial charge in [-0.25, -0.2) is 8.42 Å². The Hall–Kier alpha value is -1.60. The third-order valence-corrected chi connectivity index (χ3v) is 7.13. The topological polar surface area (TPSA) is 75.7 Å². The monoisotopic (exact) mass is 410 g/mol. The highest BCUT2D eigenvalue weighted by molar-refractivity contribution is 7.89. The Morgan fingerprint density at radius 1 is 1.29 bits per heavy atom. The second kappa shape index (κ2) is 9.74. The third-order valence-electron chi connectivity index (χ3n) is 5.25. The highest BCUT2D eigenvalue weighted by Crippen LogP contribution is 2.32. The van der Waals surface area contributed by atoms with Gasteiger partial charge in [0.25, 0.3) is 0 Å². The molecule has 1 aromatic carbocycles. The highest BCUT2D eigenvalue weighted by atomic mass is 32.2. The molecular formula is C21H34N2O4S. The Bertz CT molecular complexity index is 775. The molecule has 0 unspecified atom stereocenters. The largest absolute Gasteiger partial charge is 0.495 e. The minimum absolute atomic E-state index is 0.0524. The SMILES string of the molecule is COc1ccc(C(C)C)cc1S(=O)(=O)N1CCC[C@H](C(=O)NCCC(C)C)C1. The lowest BCUT2D eigenvalue weighted by Gasteiger charge is -2.31. The van der Waals surface area contributed by atoms with E-state index in [9.17, 15) is 13.2 Å². The van der Waals surface area contributed by atoms with E-state index in [4.69, 9.17) is 4.74 Å². The van der Waals surface area contributed by atoms with Crippen molar-refractivity contribution in [2.24, 2.45) is 11.8 Å². The number of hydrogen-bond donors (Lipinski definition) is 1. The lowest BCUT2D eigenvalue weighted by molar-refractivity contribution is -0.126. The summed E-state index contributed by atoms with van der Waals surface area (Å²) in [4.78, 5) is 12.7. The smallest absolute Gasteiger partial charge is 0.246 e. The van der Waals surface area contributed by atoms with Crippen LogP contribution < -0.4 is 10.1 Å². The summed E-state index contributed by atoms with van der Waals surface area (Å²) in [7, 11) is -2.26. The Morgan fingerprint density at radius 3 is 2.61 bits per heavy atom. The fourth-order valence-electron chi connectivity index (χ4n) is 3.40. The molecule has 1 aliphatic rings. The van der Waals surface area contributed by atoms with E-state index in [-0.39, 0.29) is 29.2 Å². The zero-order valence-electron chi connectivity index (χ0n) is 17.7. The quantitative estimate of drug-likeness (QED) is 0.713. The fraction of sp³-hybridized carbons (Fsp3) is 0.667. The van der Waals surface area contributed by atoms with E-state index >= 15 is 0 Å². The van der Waals surface area contributed by atoms with Crippen molar-refractivity contribution in [2.45, 2.75) is 57.8 Å². The van der Waals surface area contributed by atoms with Crippen LogP contribution >= 0.6 is 0 Å². The standard InChI is InChI=1S/C21H34N2O4S/c1-15(2)10-11-22-21(24)18-7-6-12-23(14-18)28(25,26)20-13-17(16(3)4)8-9-19(20)27-5/h8-9,13,15-16,18H,6-7,10-12,14H2,1-5H3,(H,22,24)/t18-/m0/s1. The number of rotatable bonds is 8. The van der Waals surface area contributed by atoms with Crippen molar-refractivity contribution < 1.29 is 17.9 Å². The van der Waals surface area contributed by atoms with Crippen LogP contribution in [0.25, 0.3) is 0 Å². The van der Waals surface area contributed by atoms with Crippen molar-refractivity contribution in [1.82, 2.24) is 9.62 Å². The average Bonchev–Trinajstić information content (AvgIpc) is 2.67. The van der Waals surface area contributed by atoms with Crippen molar-refractivity contribution in [3.63, 3.8) is 0 Å². The van der Waals surface area contributed by atoms with Gasteiger partial charge in [-0.15, -0.1) is 0 Å². The van der Waals surface area contributed by atoms with Gasteiger partial charge in [-0.2, -0.15) is 4.31 Å². The van der Waals surface area contributed by atoms with Gasteiger partial charge in [0.05, 0.1) is 13.0 Å². The Kier molecular flexibility index (Phi) is 7.89. The van der Waals surface area contributed by atoms with Crippen molar-refractivity contribution in [2.75, 3.05) is 26.7 Å². The molecule has 0 aromatic heterocycles. The third kappa shape index (κ3) is 5.47. The lowest BCUT2D eigenvalue weighted by Crippen LogP contribution is -2.45. The zero-order chi connectivity index (χ0) is 20.9. The first kappa shape index (κ1) is 22.7. The molecular weight excluding hydrogens is 376 g/mol. The number of amides is 1. The maximum Gasteiger partial charge on any atom is 0.246 e. The number of ether oxygens (including phenoxy) is 1. The predicted molar refractivity (Wildman–Crippen MR) is 111 cm³/mol. The molecule has 1 amide bonds. The van der Waals surface area contributed by atoms with Crippen molar-refractivity contribution in [3.05, 3.63) is 23.8 Å². The van der Waals surface area contributed by atoms with Gasteiger partial charge in [0, 0.05) is 19.6 Å². The van der Waals surface area contributed by atoms with E-state index in [1.54, 1.807) is 12.1 Å². The van der Waals surface area contributed by atoms with Crippen LogP contribution in [0.2, 0.25) is 0 Å². The molecule has 0 spiro atoms. The first-order valence-electron chi connectivity index (χ1n) is 10.1. The number of carbonyl (C=O) groups excluding carboxylic acids is 1. The molecule has 1 aliphatic heterocycles. The van der Waals surface area contributed by atoms with Gasteiger partial charge in [0.2, 0.25) is 15.9 Å². The second-order valence-electron chi connectivity index (χ2n) is 8.24. The average molecular weight is 411 g/mol. The van der Waals surface area contributed by atoms with Gasteiger partial charge in [0.15, 0.2) is 0 Å². The molecule has 0 bridgehead atoms. The van der Waals surface area contributed by atoms with Crippen LogP contribution in [0.15, 0.2) is 23.1 Å². The molecule has 0 radical (unpaired) electrons. The minimum atomic E-state index is -3.73. The molecule has 28 heavy (non-hydrogen) atoms. The Labute approximate surface area is 169 Å². The molecule has 1 fully saturated rings. The number of nitrogens with zero attached hydrogens (tertiary/aromatic N) is 1. The molecule has 1 N–H and O–H groups in total. The Morgan fingerprint density at radius 2 is 2.00 bits per heavy atom. The normalized spacial score (nSPS) is 18.5. The number of carbonyl (C=O) groups is 1. The van der Waals surface area contributed by atoms with Gasteiger partial charge >= 0.3 is 0 Å². The van der Waals surface area contributed by atoms with Crippen LogP contribution in [-0.2, 0) is 14.8 Å². The number of nitrogens with one attached hydrogen (secondary N) is 1.